The van der Waals surface area contributed by atoms with Crippen LogP contribution in [0.25, 0.3) is 0 Å². The fourth-order valence-corrected chi connectivity index (χ4v) is 2.21. The van der Waals surface area contributed by atoms with Gasteiger partial charge in [-0.15, -0.1) is 11.6 Å². The van der Waals surface area contributed by atoms with Crippen molar-refractivity contribution < 1.29 is 4.74 Å². The molecule has 0 N–H and O–H groups in total. The van der Waals surface area contributed by atoms with Crippen LogP contribution in [0, 0.1) is 6.92 Å². The molecule has 0 aliphatic carbocycles. The molecule has 1 aromatic heterocycles. The van der Waals surface area contributed by atoms with Crippen LogP contribution in [0.15, 0.2) is 6.07 Å². The summed E-state index contributed by atoms with van der Waals surface area (Å²) in [6.07, 6.45) is 2.10. The standard InChI is InChI=1S/C13H20ClN3O/c1-9(2)18-12-8-10(3)15-13(16-12)17-6-4-11(14)5-7-17/h8-9,11H,4-7H2,1-3H3. The van der Waals surface area contributed by atoms with E-state index in [4.69, 9.17) is 16.3 Å². The highest BCUT2D eigenvalue weighted by Crippen LogP contribution is 2.22. The Balaban J connectivity index is 2.14. The third kappa shape index (κ3) is 3.48. The summed E-state index contributed by atoms with van der Waals surface area (Å²) in [5, 5.41) is 0.289. The van der Waals surface area contributed by atoms with Crippen molar-refractivity contribution in [2.75, 3.05) is 18.0 Å². The summed E-state index contributed by atoms with van der Waals surface area (Å²) < 4.78 is 5.64. The minimum absolute atomic E-state index is 0.126. The van der Waals surface area contributed by atoms with Gasteiger partial charge in [0.2, 0.25) is 11.8 Å². The van der Waals surface area contributed by atoms with E-state index in [2.05, 4.69) is 14.9 Å². The Bertz CT molecular complexity index is 403. The summed E-state index contributed by atoms with van der Waals surface area (Å²) >= 11 is 6.11. The molecule has 18 heavy (non-hydrogen) atoms. The number of hydrogen-bond donors (Lipinski definition) is 0. The predicted octanol–water partition coefficient (Wildman–Crippen LogP) is 2.78. The largest absolute Gasteiger partial charge is 0.475 e. The Morgan fingerprint density at radius 3 is 2.61 bits per heavy atom. The number of ether oxygens (including phenoxy) is 1. The molecule has 1 fully saturated rings. The van der Waals surface area contributed by atoms with Crippen LogP contribution in [0.2, 0.25) is 0 Å². The summed E-state index contributed by atoms with van der Waals surface area (Å²) in [5.74, 6) is 1.41. The Kier molecular flexibility index (Phi) is 4.27. The highest BCUT2D eigenvalue weighted by Gasteiger charge is 2.20. The number of hydrogen-bond acceptors (Lipinski definition) is 4. The lowest BCUT2D eigenvalue weighted by Crippen LogP contribution is -2.35. The molecule has 0 spiro atoms. The molecule has 1 aliphatic heterocycles. The van der Waals surface area contributed by atoms with Gasteiger partial charge in [-0.2, -0.15) is 4.98 Å². The molecule has 1 aliphatic rings. The van der Waals surface area contributed by atoms with Crippen molar-refractivity contribution in [3.8, 4) is 5.88 Å². The number of rotatable bonds is 3. The van der Waals surface area contributed by atoms with E-state index in [1.807, 2.05) is 26.8 Å². The highest BCUT2D eigenvalue weighted by atomic mass is 35.5. The molecule has 2 heterocycles. The third-order valence-corrected chi connectivity index (χ3v) is 3.32. The van der Waals surface area contributed by atoms with Gasteiger partial charge in [-0.3, -0.25) is 0 Å². The van der Waals surface area contributed by atoms with Crippen molar-refractivity contribution in [1.82, 2.24) is 9.97 Å². The van der Waals surface area contributed by atoms with Gasteiger partial charge in [-0.25, -0.2) is 4.98 Å². The molecule has 0 atom stereocenters. The number of alkyl halides is 1. The second-order valence-electron chi connectivity index (χ2n) is 4.98. The van der Waals surface area contributed by atoms with E-state index in [-0.39, 0.29) is 11.5 Å². The average Bonchev–Trinajstić information content (AvgIpc) is 2.28. The van der Waals surface area contributed by atoms with Crippen molar-refractivity contribution in [1.29, 1.82) is 0 Å². The van der Waals surface area contributed by atoms with E-state index in [0.717, 1.165) is 37.6 Å². The summed E-state index contributed by atoms with van der Waals surface area (Å²) in [4.78, 5) is 11.1. The Hall–Kier alpha value is -1.03. The van der Waals surface area contributed by atoms with Crippen LogP contribution in [0.1, 0.15) is 32.4 Å². The number of nitrogens with zero attached hydrogens (tertiary/aromatic N) is 3. The second-order valence-corrected chi connectivity index (χ2v) is 5.59. The van der Waals surface area contributed by atoms with Gasteiger partial charge in [-0.1, -0.05) is 0 Å². The number of aryl methyl sites for hydroxylation is 1. The van der Waals surface area contributed by atoms with Crippen molar-refractivity contribution in [2.45, 2.75) is 45.1 Å². The maximum absolute atomic E-state index is 6.11. The third-order valence-electron chi connectivity index (χ3n) is 2.88. The molecular weight excluding hydrogens is 250 g/mol. The zero-order valence-electron chi connectivity index (χ0n) is 11.2. The van der Waals surface area contributed by atoms with Crippen molar-refractivity contribution in [3.63, 3.8) is 0 Å². The molecule has 5 heteroatoms. The monoisotopic (exact) mass is 269 g/mol. The van der Waals surface area contributed by atoms with E-state index < -0.39 is 0 Å². The van der Waals surface area contributed by atoms with Crippen LogP contribution in [0.5, 0.6) is 5.88 Å². The van der Waals surface area contributed by atoms with Gasteiger partial charge in [-0.05, 0) is 33.6 Å². The smallest absolute Gasteiger partial charge is 0.228 e. The van der Waals surface area contributed by atoms with Gasteiger partial charge in [0.15, 0.2) is 0 Å². The van der Waals surface area contributed by atoms with Crippen molar-refractivity contribution >= 4 is 17.5 Å². The van der Waals surface area contributed by atoms with E-state index in [1.54, 1.807) is 0 Å². The second kappa shape index (κ2) is 5.74. The average molecular weight is 270 g/mol. The zero-order valence-corrected chi connectivity index (χ0v) is 11.9. The SMILES string of the molecule is Cc1cc(OC(C)C)nc(N2CCC(Cl)CC2)n1. The van der Waals surface area contributed by atoms with Crippen molar-refractivity contribution in [2.24, 2.45) is 0 Å². The first kappa shape index (κ1) is 13.4. The maximum Gasteiger partial charge on any atom is 0.228 e. The predicted molar refractivity (Wildman–Crippen MR) is 73.6 cm³/mol. The molecule has 0 aromatic carbocycles. The molecule has 1 aromatic rings. The maximum atomic E-state index is 6.11. The zero-order chi connectivity index (χ0) is 13.1. The summed E-state index contributed by atoms with van der Waals surface area (Å²) in [5.41, 5.74) is 0.934. The molecule has 0 amide bonds. The van der Waals surface area contributed by atoms with Gasteiger partial charge >= 0.3 is 0 Å². The van der Waals surface area contributed by atoms with Crippen LogP contribution < -0.4 is 9.64 Å². The fourth-order valence-electron chi connectivity index (χ4n) is 2.02. The van der Waals surface area contributed by atoms with Crippen LogP contribution >= 0.6 is 11.6 Å². The molecule has 0 saturated carbocycles. The van der Waals surface area contributed by atoms with Gasteiger partial charge in [0.05, 0.1) is 6.10 Å². The summed E-state index contributed by atoms with van der Waals surface area (Å²) in [6.45, 7) is 7.79. The molecular formula is C13H20ClN3O. The number of piperidine rings is 1. The van der Waals surface area contributed by atoms with E-state index in [0.29, 0.717) is 5.88 Å². The number of aromatic nitrogens is 2. The Morgan fingerprint density at radius 1 is 1.33 bits per heavy atom. The van der Waals surface area contributed by atoms with Gasteiger partial charge in [0, 0.05) is 30.2 Å². The first-order valence-corrected chi connectivity index (χ1v) is 6.89. The Labute approximate surface area is 113 Å². The summed E-state index contributed by atoms with van der Waals surface area (Å²) in [6, 6.07) is 1.87. The molecule has 0 bridgehead atoms. The molecule has 0 unspecified atom stereocenters. The summed E-state index contributed by atoms with van der Waals surface area (Å²) in [7, 11) is 0. The lowest BCUT2D eigenvalue weighted by atomic mass is 10.1. The van der Waals surface area contributed by atoms with Crippen molar-refractivity contribution in [3.05, 3.63) is 11.8 Å². The normalized spacial score (nSPS) is 17.3. The van der Waals surface area contributed by atoms with Gasteiger partial charge in [0.1, 0.15) is 0 Å². The topological polar surface area (TPSA) is 38.2 Å². The molecule has 4 nitrogen and oxygen atoms in total. The van der Waals surface area contributed by atoms with Gasteiger partial charge < -0.3 is 9.64 Å². The van der Waals surface area contributed by atoms with E-state index in [9.17, 15) is 0 Å². The minimum atomic E-state index is 0.126. The first-order chi connectivity index (χ1) is 8.54. The highest BCUT2D eigenvalue weighted by molar-refractivity contribution is 6.20. The van der Waals surface area contributed by atoms with Gasteiger partial charge in [0.25, 0.3) is 0 Å². The fraction of sp³-hybridized carbons (Fsp3) is 0.692. The van der Waals surface area contributed by atoms with Crippen LogP contribution in [0.3, 0.4) is 0 Å². The van der Waals surface area contributed by atoms with Crippen LogP contribution in [0.4, 0.5) is 5.95 Å². The molecule has 0 radical (unpaired) electrons. The van der Waals surface area contributed by atoms with Crippen LogP contribution in [-0.2, 0) is 0 Å². The first-order valence-electron chi connectivity index (χ1n) is 6.46. The quantitative estimate of drug-likeness (QED) is 0.791. The molecule has 100 valence electrons. The van der Waals surface area contributed by atoms with Crippen LogP contribution in [-0.4, -0.2) is 34.5 Å². The van der Waals surface area contributed by atoms with E-state index in [1.165, 1.54) is 0 Å². The van der Waals surface area contributed by atoms with E-state index >= 15 is 0 Å². The molecule has 1 saturated heterocycles. The number of halogens is 1. The number of anilines is 1. The lowest BCUT2D eigenvalue weighted by Gasteiger charge is -2.29. The Morgan fingerprint density at radius 2 is 2.00 bits per heavy atom. The minimum Gasteiger partial charge on any atom is -0.475 e. The molecule has 2 rings (SSSR count). The lowest BCUT2D eigenvalue weighted by molar-refractivity contribution is 0.232.